The maximum Gasteiger partial charge on any atom is 0.410 e. The first kappa shape index (κ1) is 26.3. The molecular weight excluding hydrogens is 546 g/mol. The van der Waals surface area contributed by atoms with Gasteiger partial charge in [-0.3, -0.25) is 0 Å². The quantitative estimate of drug-likeness (QED) is 0.372. The first-order chi connectivity index (χ1) is 18.0. The highest BCUT2D eigenvalue weighted by Gasteiger charge is 2.19. The lowest BCUT2D eigenvalue weighted by Crippen LogP contribution is -2.40. The lowest BCUT2D eigenvalue weighted by Gasteiger charge is -2.26. The van der Waals surface area contributed by atoms with Crippen LogP contribution >= 0.6 is 15.9 Å². The van der Waals surface area contributed by atoms with Gasteiger partial charge < -0.3 is 39.2 Å². The van der Waals surface area contributed by atoms with Gasteiger partial charge >= 0.3 is 6.09 Å². The van der Waals surface area contributed by atoms with Crippen molar-refractivity contribution in [1.29, 1.82) is 0 Å². The number of halogens is 1. The Labute approximate surface area is 223 Å². The molecule has 4 rings (SSSR count). The van der Waals surface area contributed by atoms with Crippen molar-refractivity contribution in [2.45, 2.75) is 6.61 Å². The van der Waals surface area contributed by atoms with Gasteiger partial charge in [0.25, 0.3) is 0 Å². The molecule has 1 aliphatic rings. The first-order valence-electron chi connectivity index (χ1n) is 11.5. The normalized spacial score (nSPS) is 13.0. The molecule has 1 aliphatic heterocycles. The summed E-state index contributed by atoms with van der Waals surface area (Å²) in [5, 5.41) is 6.47. The van der Waals surface area contributed by atoms with E-state index in [0.717, 1.165) is 11.3 Å². The third-order valence-corrected chi connectivity index (χ3v) is 6.14. The van der Waals surface area contributed by atoms with Crippen LogP contribution in [0.25, 0.3) is 0 Å². The van der Waals surface area contributed by atoms with Gasteiger partial charge in [-0.1, -0.05) is 18.2 Å². The highest BCUT2D eigenvalue weighted by molar-refractivity contribution is 9.10. The van der Waals surface area contributed by atoms with E-state index >= 15 is 0 Å². The fourth-order valence-electron chi connectivity index (χ4n) is 3.67. The van der Waals surface area contributed by atoms with Crippen LogP contribution in [-0.2, 0) is 16.1 Å². The molecule has 1 aromatic heterocycles. The lowest BCUT2D eigenvalue weighted by atomic mass is 10.2. The van der Waals surface area contributed by atoms with Crippen LogP contribution in [0, 0.1) is 0 Å². The highest BCUT2D eigenvalue weighted by Crippen LogP contribution is 2.40. The fourth-order valence-corrected chi connectivity index (χ4v) is 3.96. The maximum absolute atomic E-state index is 12.4. The van der Waals surface area contributed by atoms with Crippen molar-refractivity contribution in [1.82, 2.24) is 14.9 Å². The molecular formula is C25H28BrN5O6. The van der Waals surface area contributed by atoms with E-state index in [-0.39, 0.29) is 12.7 Å². The maximum atomic E-state index is 12.4. The van der Waals surface area contributed by atoms with E-state index in [9.17, 15) is 4.79 Å². The van der Waals surface area contributed by atoms with Gasteiger partial charge in [0.15, 0.2) is 11.5 Å². The largest absolute Gasteiger partial charge is 0.493 e. The smallest absolute Gasteiger partial charge is 0.410 e. The lowest BCUT2D eigenvalue weighted by molar-refractivity contribution is 0.0250. The number of nitrogens with one attached hydrogen (secondary N) is 2. The Hall–Kier alpha value is -3.77. The number of rotatable bonds is 9. The molecule has 0 aliphatic carbocycles. The molecule has 0 unspecified atom stereocenters. The number of amides is 1. The fraction of sp³-hybridized carbons (Fsp3) is 0.320. The number of anilines is 4. The zero-order valence-electron chi connectivity index (χ0n) is 20.7. The molecule has 1 fully saturated rings. The Morgan fingerprint density at radius 3 is 2.43 bits per heavy atom. The van der Waals surface area contributed by atoms with Gasteiger partial charge in [0.1, 0.15) is 12.4 Å². The van der Waals surface area contributed by atoms with E-state index in [1.807, 2.05) is 24.3 Å². The van der Waals surface area contributed by atoms with E-state index in [0.29, 0.717) is 65.5 Å². The summed E-state index contributed by atoms with van der Waals surface area (Å²) in [5.41, 5.74) is 2.20. The van der Waals surface area contributed by atoms with E-state index in [4.69, 9.17) is 23.7 Å². The third kappa shape index (κ3) is 6.52. The van der Waals surface area contributed by atoms with Gasteiger partial charge in [0, 0.05) is 48.4 Å². The molecule has 2 aromatic carbocycles. The molecule has 12 heteroatoms. The van der Waals surface area contributed by atoms with Crippen LogP contribution in [0.1, 0.15) is 5.56 Å². The van der Waals surface area contributed by atoms with E-state index in [2.05, 4.69) is 36.5 Å². The summed E-state index contributed by atoms with van der Waals surface area (Å²) in [6.07, 6.45) is 1.27. The summed E-state index contributed by atoms with van der Waals surface area (Å²) >= 11 is 3.50. The standard InChI is InChI=1S/C25H28BrN5O6/c1-33-20-12-17(13-21(34-2)22(20)35-3)28-24-27-14-18(26)23(30-24)29-19-7-5-4-6-16(19)15-37-25(32)31-8-10-36-11-9-31/h4-7,12-14H,8-11,15H2,1-3H3,(H2,27,28,29,30). The summed E-state index contributed by atoms with van der Waals surface area (Å²) in [7, 11) is 4.65. The minimum atomic E-state index is -0.363. The molecule has 1 saturated heterocycles. The van der Waals surface area contributed by atoms with Gasteiger partial charge in [0.05, 0.1) is 39.0 Å². The topological polar surface area (TPSA) is 116 Å². The summed E-state index contributed by atoms with van der Waals surface area (Å²) in [4.78, 5) is 23.0. The predicted octanol–water partition coefficient (Wildman–Crippen LogP) is 4.72. The van der Waals surface area contributed by atoms with Gasteiger partial charge in [-0.25, -0.2) is 9.78 Å². The Bertz CT molecular complexity index is 1210. The van der Waals surface area contributed by atoms with Crippen molar-refractivity contribution >= 4 is 45.2 Å². The summed E-state index contributed by atoms with van der Waals surface area (Å²) in [6, 6.07) is 11.1. The zero-order chi connectivity index (χ0) is 26.2. The van der Waals surface area contributed by atoms with Crippen molar-refractivity contribution in [3.05, 3.63) is 52.6 Å². The number of hydrogen-bond acceptors (Lipinski definition) is 10. The van der Waals surface area contributed by atoms with Crippen LogP contribution in [0.5, 0.6) is 17.2 Å². The number of carbonyl (C=O) groups excluding carboxylic acids is 1. The molecule has 37 heavy (non-hydrogen) atoms. The number of methoxy groups -OCH3 is 3. The minimum Gasteiger partial charge on any atom is -0.493 e. The number of aromatic nitrogens is 2. The van der Waals surface area contributed by atoms with Crippen LogP contribution in [0.2, 0.25) is 0 Å². The van der Waals surface area contributed by atoms with Crippen LogP contribution in [0.15, 0.2) is 47.1 Å². The molecule has 2 heterocycles. The first-order valence-corrected chi connectivity index (χ1v) is 12.3. The van der Waals surface area contributed by atoms with E-state index in [1.54, 1.807) is 44.6 Å². The number of hydrogen-bond donors (Lipinski definition) is 2. The summed E-state index contributed by atoms with van der Waals surface area (Å²) < 4.78 is 27.7. The van der Waals surface area contributed by atoms with Crippen molar-refractivity contribution in [3.63, 3.8) is 0 Å². The second-order valence-electron chi connectivity index (χ2n) is 7.87. The van der Waals surface area contributed by atoms with Gasteiger partial charge in [-0.15, -0.1) is 0 Å². The Morgan fingerprint density at radius 2 is 1.76 bits per heavy atom. The van der Waals surface area contributed by atoms with Gasteiger partial charge in [-0.05, 0) is 22.0 Å². The molecule has 0 spiro atoms. The number of benzene rings is 2. The number of ether oxygens (including phenoxy) is 5. The molecule has 0 bridgehead atoms. The number of carbonyl (C=O) groups is 1. The van der Waals surface area contributed by atoms with Crippen LogP contribution in [0.4, 0.5) is 27.9 Å². The monoisotopic (exact) mass is 573 g/mol. The second-order valence-corrected chi connectivity index (χ2v) is 8.72. The molecule has 2 N–H and O–H groups in total. The minimum absolute atomic E-state index is 0.110. The van der Waals surface area contributed by atoms with Crippen molar-refractivity contribution < 1.29 is 28.5 Å². The second kappa shape index (κ2) is 12.5. The van der Waals surface area contributed by atoms with Gasteiger partial charge in [-0.2, -0.15) is 4.98 Å². The molecule has 3 aromatic rings. The summed E-state index contributed by atoms with van der Waals surface area (Å²) in [5.74, 6) is 2.36. The summed E-state index contributed by atoms with van der Waals surface area (Å²) in [6.45, 7) is 2.18. The number of para-hydroxylation sites is 1. The van der Waals surface area contributed by atoms with E-state index in [1.165, 1.54) is 0 Å². The van der Waals surface area contributed by atoms with Crippen molar-refractivity contribution in [2.75, 3.05) is 58.3 Å². The Morgan fingerprint density at radius 1 is 1.05 bits per heavy atom. The van der Waals surface area contributed by atoms with Crippen LogP contribution < -0.4 is 24.8 Å². The molecule has 196 valence electrons. The average molecular weight is 574 g/mol. The number of morpholine rings is 1. The Balaban J connectivity index is 1.50. The van der Waals surface area contributed by atoms with Crippen molar-refractivity contribution in [2.24, 2.45) is 0 Å². The molecule has 0 atom stereocenters. The Kier molecular flexibility index (Phi) is 8.86. The van der Waals surface area contributed by atoms with E-state index < -0.39 is 0 Å². The van der Waals surface area contributed by atoms with Crippen LogP contribution in [0.3, 0.4) is 0 Å². The average Bonchev–Trinajstić information content (AvgIpc) is 2.94. The molecule has 0 saturated carbocycles. The molecule has 1 amide bonds. The highest BCUT2D eigenvalue weighted by atomic mass is 79.9. The third-order valence-electron chi connectivity index (χ3n) is 5.56. The van der Waals surface area contributed by atoms with Crippen molar-refractivity contribution in [3.8, 4) is 17.2 Å². The number of nitrogens with zero attached hydrogens (tertiary/aromatic N) is 3. The zero-order valence-corrected chi connectivity index (χ0v) is 22.3. The molecule has 11 nitrogen and oxygen atoms in total. The van der Waals surface area contributed by atoms with Crippen LogP contribution in [-0.4, -0.2) is 68.6 Å². The predicted molar refractivity (Wildman–Crippen MR) is 141 cm³/mol. The molecule has 0 radical (unpaired) electrons. The van der Waals surface area contributed by atoms with Gasteiger partial charge in [0.2, 0.25) is 11.7 Å². The SMILES string of the molecule is COc1cc(Nc2ncc(Br)c(Nc3ccccc3COC(=O)N3CCOCC3)n2)cc(OC)c1OC.